The van der Waals surface area contributed by atoms with E-state index in [1.54, 1.807) is 12.1 Å². The number of ether oxygens (including phenoxy) is 1. The molecule has 4 nitrogen and oxygen atoms in total. The standard InChI is InChI=1S/C14H7BrFNO3/c15-9-2-3-10(14(18)19)13(6-9)20-12-4-1-8(7-17)5-11(12)16/h1-6H,(H,18,19). The molecule has 0 heterocycles. The lowest BCUT2D eigenvalue weighted by molar-refractivity contribution is 0.0694. The van der Waals surface area contributed by atoms with Gasteiger partial charge in [-0.05, 0) is 36.4 Å². The van der Waals surface area contributed by atoms with E-state index in [2.05, 4.69) is 15.9 Å². The van der Waals surface area contributed by atoms with Gasteiger partial charge in [0.15, 0.2) is 11.6 Å². The van der Waals surface area contributed by atoms with Gasteiger partial charge in [-0.1, -0.05) is 15.9 Å². The van der Waals surface area contributed by atoms with E-state index in [9.17, 15) is 9.18 Å². The highest BCUT2D eigenvalue weighted by Crippen LogP contribution is 2.30. The number of rotatable bonds is 3. The minimum absolute atomic E-state index is 0.00971. The van der Waals surface area contributed by atoms with Crippen molar-refractivity contribution in [2.45, 2.75) is 0 Å². The molecule has 0 spiro atoms. The zero-order chi connectivity index (χ0) is 14.7. The minimum Gasteiger partial charge on any atom is -0.478 e. The fourth-order valence-electron chi connectivity index (χ4n) is 1.53. The van der Waals surface area contributed by atoms with Crippen LogP contribution < -0.4 is 4.74 Å². The third-order valence-corrected chi connectivity index (χ3v) is 2.95. The van der Waals surface area contributed by atoms with Crippen molar-refractivity contribution in [3.05, 3.63) is 57.8 Å². The summed E-state index contributed by atoms with van der Waals surface area (Å²) in [5.74, 6) is -2.05. The Hall–Kier alpha value is -2.39. The first-order valence-corrected chi connectivity index (χ1v) is 6.21. The second kappa shape index (κ2) is 5.72. The van der Waals surface area contributed by atoms with Gasteiger partial charge in [-0.25, -0.2) is 9.18 Å². The van der Waals surface area contributed by atoms with Crippen LogP contribution in [0, 0.1) is 17.1 Å². The monoisotopic (exact) mass is 335 g/mol. The van der Waals surface area contributed by atoms with Crippen LogP contribution in [-0.2, 0) is 0 Å². The van der Waals surface area contributed by atoms with Gasteiger partial charge in [-0.3, -0.25) is 0 Å². The third kappa shape index (κ3) is 2.95. The van der Waals surface area contributed by atoms with Crippen molar-refractivity contribution in [1.82, 2.24) is 0 Å². The van der Waals surface area contributed by atoms with Gasteiger partial charge in [-0.15, -0.1) is 0 Å². The molecule has 2 aromatic rings. The third-order valence-electron chi connectivity index (χ3n) is 2.45. The van der Waals surface area contributed by atoms with Crippen molar-refractivity contribution in [2.24, 2.45) is 0 Å². The molecule has 0 radical (unpaired) electrons. The molecule has 1 N–H and O–H groups in total. The number of carboxylic acids is 1. The average Bonchev–Trinajstić information content (AvgIpc) is 2.40. The number of benzene rings is 2. The second-order valence-electron chi connectivity index (χ2n) is 3.80. The summed E-state index contributed by atoms with van der Waals surface area (Å²) in [6, 6.07) is 9.82. The van der Waals surface area contributed by atoms with Crippen LogP contribution in [0.1, 0.15) is 15.9 Å². The van der Waals surface area contributed by atoms with Crippen molar-refractivity contribution in [3.63, 3.8) is 0 Å². The summed E-state index contributed by atoms with van der Waals surface area (Å²) in [7, 11) is 0. The molecule has 2 aromatic carbocycles. The van der Waals surface area contributed by atoms with Gasteiger partial charge in [0.2, 0.25) is 0 Å². The molecular formula is C14H7BrFNO3. The van der Waals surface area contributed by atoms with Crippen molar-refractivity contribution in [2.75, 3.05) is 0 Å². The molecule has 100 valence electrons. The molecule has 2 rings (SSSR count). The van der Waals surface area contributed by atoms with Gasteiger partial charge in [0.05, 0.1) is 11.6 Å². The molecule has 0 amide bonds. The predicted molar refractivity (Wildman–Crippen MR) is 72.3 cm³/mol. The normalized spacial score (nSPS) is 9.85. The first-order chi connectivity index (χ1) is 9.51. The van der Waals surface area contributed by atoms with Crippen molar-refractivity contribution >= 4 is 21.9 Å². The Morgan fingerprint density at radius 3 is 2.60 bits per heavy atom. The van der Waals surface area contributed by atoms with Crippen molar-refractivity contribution in [3.8, 4) is 17.6 Å². The number of hydrogen-bond donors (Lipinski definition) is 1. The van der Waals surface area contributed by atoms with E-state index >= 15 is 0 Å². The van der Waals surface area contributed by atoms with Crippen LogP contribution in [0.25, 0.3) is 0 Å². The lowest BCUT2D eigenvalue weighted by Crippen LogP contribution is -2.00. The Kier molecular flexibility index (Phi) is 4.01. The number of nitriles is 1. The molecule has 0 atom stereocenters. The van der Waals surface area contributed by atoms with Crippen LogP contribution >= 0.6 is 15.9 Å². The maximum Gasteiger partial charge on any atom is 0.339 e. The van der Waals surface area contributed by atoms with Gasteiger partial charge >= 0.3 is 5.97 Å². The molecule has 0 aromatic heterocycles. The Morgan fingerprint density at radius 2 is 2.00 bits per heavy atom. The summed E-state index contributed by atoms with van der Waals surface area (Å²) in [6.07, 6.45) is 0. The lowest BCUT2D eigenvalue weighted by Gasteiger charge is -2.10. The maximum atomic E-state index is 13.7. The first-order valence-electron chi connectivity index (χ1n) is 5.41. The predicted octanol–water partition coefficient (Wildman–Crippen LogP) is 3.95. The van der Waals surface area contributed by atoms with E-state index in [0.29, 0.717) is 4.47 Å². The summed E-state index contributed by atoms with van der Waals surface area (Å²) in [5, 5.41) is 17.7. The van der Waals surface area contributed by atoms with Crippen LogP contribution in [0.2, 0.25) is 0 Å². The van der Waals surface area contributed by atoms with Gasteiger partial charge in [-0.2, -0.15) is 5.26 Å². The van der Waals surface area contributed by atoms with Crippen molar-refractivity contribution < 1.29 is 19.0 Å². The number of halogens is 2. The van der Waals surface area contributed by atoms with E-state index in [0.717, 1.165) is 6.07 Å². The number of hydrogen-bond acceptors (Lipinski definition) is 3. The summed E-state index contributed by atoms with van der Waals surface area (Å²) >= 11 is 3.19. The zero-order valence-electron chi connectivity index (χ0n) is 9.93. The average molecular weight is 336 g/mol. The number of carboxylic acid groups (broad SMARTS) is 1. The van der Waals surface area contributed by atoms with Gasteiger partial charge < -0.3 is 9.84 Å². The SMILES string of the molecule is N#Cc1ccc(Oc2cc(Br)ccc2C(=O)O)c(F)c1. The molecule has 20 heavy (non-hydrogen) atoms. The lowest BCUT2D eigenvalue weighted by atomic mass is 10.2. The fraction of sp³-hybridized carbons (Fsp3) is 0. The van der Waals surface area contributed by atoms with Crippen LogP contribution in [0.5, 0.6) is 11.5 Å². The molecule has 0 bridgehead atoms. The molecule has 0 fully saturated rings. The summed E-state index contributed by atoms with van der Waals surface area (Å²) < 4.78 is 19.6. The molecule has 0 saturated carbocycles. The Morgan fingerprint density at radius 1 is 1.25 bits per heavy atom. The highest BCUT2D eigenvalue weighted by molar-refractivity contribution is 9.10. The summed E-state index contributed by atoms with van der Waals surface area (Å²) in [6.45, 7) is 0. The Balaban J connectivity index is 2.42. The fourth-order valence-corrected chi connectivity index (χ4v) is 1.87. The smallest absolute Gasteiger partial charge is 0.339 e. The largest absolute Gasteiger partial charge is 0.478 e. The number of nitrogens with zero attached hydrogens (tertiary/aromatic N) is 1. The van der Waals surface area contributed by atoms with Crippen LogP contribution in [-0.4, -0.2) is 11.1 Å². The molecule has 0 unspecified atom stereocenters. The Bertz CT molecular complexity index is 725. The molecule has 0 aliphatic carbocycles. The minimum atomic E-state index is -1.18. The molecule has 0 saturated heterocycles. The Labute approximate surface area is 122 Å². The summed E-state index contributed by atoms with van der Waals surface area (Å²) in [5.41, 5.74) is 0.0690. The number of carbonyl (C=O) groups is 1. The number of aromatic carboxylic acids is 1. The van der Waals surface area contributed by atoms with Gasteiger partial charge in [0, 0.05) is 4.47 Å². The first kappa shape index (κ1) is 14.0. The maximum absolute atomic E-state index is 13.7. The van der Waals surface area contributed by atoms with Gasteiger partial charge in [0.25, 0.3) is 0 Å². The van der Waals surface area contributed by atoms with Crippen LogP contribution in [0.3, 0.4) is 0 Å². The highest BCUT2D eigenvalue weighted by atomic mass is 79.9. The quantitative estimate of drug-likeness (QED) is 0.921. The van der Waals surface area contributed by atoms with E-state index in [1.807, 2.05) is 0 Å². The summed E-state index contributed by atoms with van der Waals surface area (Å²) in [4.78, 5) is 11.1. The topological polar surface area (TPSA) is 70.3 Å². The zero-order valence-corrected chi connectivity index (χ0v) is 11.5. The van der Waals surface area contributed by atoms with E-state index < -0.39 is 11.8 Å². The molecular weight excluding hydrogens is 329 g/mol. The van der Waals surface area contributed by atoms with E-state index in [1.165, 1.54) is 24.3 Å². The van der Waals surface area contributed by atoms with E-state index in [4.69, 9.17) is 15.1 Å². The molecule has 6 heteroatoms. The molecule has 0 aliphatic rings. The second-order valence-corrected chi connectivity index (χ2v) is 4.72. The highest BCUT2D eigenvalue weighted by Gasteiger charge is 2.14. The van der Waals surface area contributed by atoms with Crippen molar-refractivity contribution in [1.29, 1.82) is 5.26 Å². The van der Waals surface area contributed by atoms with Crippen LogP contribution in [0.15, 0.2) is 40.9 Å². The molecule has 0 aliphatic heterocycles. The van der Waals surface area contributed by atoms with Crippen LogP contribution in [0.4, 0.5) is 4.39 Å². The van der Waals surface area contributed by atoms with E-state index in [-0.39, 0.29) is 22.6 Å². The van der Waals surface area contributed by atoms with Gasteiger partial charge in [0.1, 0.15) is 11.3 Å².